The number of hydrogen-bond acceptors (Lipinski definition) is 13. The van der Waals surface area contributed by atoms with Crippen LogP contribution in [0, 0.1) is 11.3 Å². The van der Waals surface area contributed by atoms with E-state index in [4.69, 9.17) is 25.2 Å². The van der Waals surface area contributed by atoms with Gasteiger partial charge >= 0.3 is 29.2 Å². The quantitative estimate of drug-likeness (QED) is 0.177. The Kier molecular flexibility index (Phi) is 7.28. The van der Waals surface area contributed by atoms with E-state index in [1.54, 1.807) is 0 Å². The maximum atomic E-state index is 12.0. The third-order valence-electron chi connectivity index (χ3n) is 3.60. The van der Waals surface area contributed by atoms with Crippen molar-refractivity contribution in [3.05, 3.63) is 22.7 Å². The predicted octanol–water partition coefficient (Wildman–Crippen LogP) is -2.53. The SMILES string of the molecule is N#C[C@@]1([15n]2ccc(N)[15n][13c]2=O)O[C@H](COP(=O)(O)OP(=O)(O)OP(=O)(O)O)[C@@H](O)[C@H]1O. The summed E-state index contributed by atoms with van der Waals surface area (Å²) in [7, 11) is -17.0. The normalized spacial score (nSPS) is 30.3. The summed E-state index contributed by atoms with van der Waals surface area (Å²) in [5.74, 6) is -0.230. The average Bonchev–Trinajstić information content (AvgIpc) is 2.82. The van der Waals surface area contributed by atoms with Crippen molar-refractivity contribution in [3.63, 3.8) is 0 Å². The Bertz CT molecular complexity index is 1080. The molecular weight excluding hydrogens is 496 g/mol. The Morgan fingerprint density at radius 1 is 1.23 bits per heavy atom. The van der Waals surface area contributed by atoms with Crippen molar-refractivity contribution < 1.29 is 61.4 Å². The van der Waals surface area contributed by atoms with Crippen molar-refractivity contribution in [2.24, 2.45) is 0 Å². The van der Waals surface area contributed by atoms with Crippen LogP contribution < -0.4 is 11.4 Å². The van der Waals surface area contributed by atoms with Crippen molar-refractivity contribution in [2.45, 2.75) is 24.0 Å². The summed E-state index contributed by atoms with van der Waals surface area (Å²) >= 11 is 0. The van der Waals surface area contributed by atoms with E-state index in [1.165, 1.54) is 6.07 Å². The molecule has 1 aliphatic rings. The molecule has 0 bridgehead atoms. The van der Waals surface area contributed by atoms with Gasteiger partial charge in [0, 0.05) is 6.20 Å². The number of hydrogen-bond donors (Lipinski definition) is 7. The molecule has 0 spiro atoms. The van der Waals surface area contributed by atoms with Gasteiger partial charge in [0.15, 0.2) is 0 Å². The predicted molar refractivity (Wildman–Crippen MR) is 93.2 cm³/mol. The van der Waals surface area contributed by atoms with Crippen molar-refractivity contribution in [2.75, 3.05) is 12.3 Å². The summed E-state index contributed by atoms with van der Waals surface area (Å²) in [6.07, 6.45) is -4.98. The van der Waals surface area contributed by atoms with Gasteiger partial charge in [0.2, 0.25) is 0 Å². The molecule has 6 atom stereocenters. The Hall–Kier alpha value is -1.54. The van der Waals surface area contributed by atoms with Crippen LogP contribution in [0.3, 0.4) is 0 Å². The highest BCUT2D eigenvalue weighted by Crippen LogP contribution is 2.66. The van der Waals surface area contributed by atoms with E-state index in [9.17, 15) is 38.9 Å². The van der Waals surface area contributed by atoms with E-state index in [-0.39, 0.29) is 5.82 Å². The van der Waals surface area contributed by atoms with Crippen LogP contribution in [-0.2, 0) is 37.3 Å². The lowest BCUT2D eigenvalue weighted by molar-refractivity contribution is -0.108. The molecule has 1 fully saturated rings. The summed E-state index contributed by atoms with van der Waals surface area (Å²) in [5, 5.41) is 29.8. The van der Waals surface area contributed by atoms with Gasteiger partial charge in [-0.25, -0.2) is 18.5 Å². The van der Waals surface area contributed by atoms with Gasteiger partial charge < -0.3 is 40.3 Å². The zero-order valence-corrected chi connectivity index (χ0v) is 17.5. The van der Waals surface area contributed by atoms with Crippen LogP contribution in [0.2, 0.25) is 0 Å². The molecule has 0 aliphatic carbocycles. The number of phosphoric acid groups is 3. The molecule has 21 heteroatoms. The van der Waals surface area contributed by atoms with Crippen LogP contribution in [0.25, 0.3) is 0 Å². The molecule has 1 aliphatic heterocycles. The lowest BCUT2D eigenvalue weighted by Gasteiger charge is -2.26. The molecule has 1 saturated heterocycles. The van der Waals surface area contributed by atoms with Crippen LogP contribution in [0.5, 0.6) is 0 Å². The van der Waals surface area contributed by atoms with Crippen molar-refractivity contribution >= 4 is 29.3 Å². The van der Waals surface area contributed by atoms with Crippen LogP contribution in [0.1, 0.15) is 0 Å². The van der Waals surface area contributed by atoms with Gasteiger partial charge in [-0.3, -0.25) is 9.09 Å². The fourth-order valence-electron chi connectivity index (χ4n) is 2.42. The first-order chi connectivity index (χ1) is 14.0. The highest BCUT2D eigenvalue weighted by atomic mass is 31.3. The first-order valence-electron chi connectivity index (χ1n) is 7.61. The van der Waals surface area contributed by atoms with E-state index in [0.717, 1.165) is 12.3 Å². The number of anilines is 1. The monoisotopic (exact) mass is 511 g/mol. The molecule has 2 heterocycles. The van der Waals surface area contributed by atoms with Gasteiger partial charge in [0.1, 0.15) is 30.2 Å². The number of rotatable bonds is 8. The molecule has 174 valence electrons. The third-order valence-corrected chi connectivity index (χ3v) is 7.40. The average molecular weight is 511 g/mol. The number of nitriles is 1. The van der Waals surface area contributed by atoms with Crippen LogP contribution >= 0.6 is 23.5 Å². The number of aliphatic hydroxyl groups excluding tert-OH is 2. The number of nitrogens with two attached hydrogens (primary N) is 1. The maximum Gasteiger partial charge on any atom is 0.490 e. The zero-order chi connectivity index (χ0) is 23.8. The minimum absolute atomic E-state index is 0.230. The van der Waals surface area contributed by atoms with Gasteiger partial charge in [0.25, 0.3) is 5.72 Å². The van der Waals surface area contributed by atoms with Crippen LogP contribution in [-0.4, -0.2) is 64.3 Å². The second kappa shape index (κ2) is 8.77. The molecule has 0 radical (unpaired) electrons. The van der Waals surface area contributed by atoms with Crippen LogP contribution in [0.15, 0.2) is 17.1 Å². The van der Waals surface area contributed by atoms with Gasteiger partial charge in [-0.15, -0.1) is 0 Å². The number of aromatic nitrogens is 2. The number of aliphatic hydroxyl groups is 2. The summed E-state index contributed by atoms with van der Waals surface area (Å²) < 4.78 is 50.6. The van der Waals surface area contributed by atoms with Gasteiger partial charge in [-0.1, -0.05) is 0 Å². The molecule has 0 aromatic carbocycles. The smallest absolute Gasteiger partial charge is 0.387 e. The Morgan fingerprint density at radius 3 is 2.35 bits per heavy atom. The lowest BCUT2D eigenvalue weighted by atomic mass is 10.1. The summed E-state index contributed by atoms with van der Waals surface area (Å²) in [6.45, 7) is -1.18. The number of ether oxygens (including phenoxy) is 1. The number of nitrogen functional groups attached to an aromatic ring is 1. The second-order valence-electron chi connectivity index (χ2n) is 5.79. The Labute approximate surface area is 171 Å². The molecule has 31 heavy (non-hydrogen) atoms. The third kappa shape index (κ3) is 6.04. The Morgan fingerprint density at radius 2 is 1.84 bits per heavy atom. The van der Waals surface area contributed by atoms with E-state index in [2.05, 4.69) is 18.1 Å². The highest BCUT2D eigenvalue weighted by Gasteiger charge is 2.57. The van der Waals surface area contributed by atoms with Crippen molar-refractivity contribution in [1.29, 1.82) is 5.26 Å². The molecule has 8 N–H and O–H groups in total. The highest BCUT2D eigenvalue weighted by molar-refractivity contribution is 7.66. The van der Waals surface area contributed by atoms with E-state index in [1.807, 2.05) is 0 Å². The number of phosphoric ester groups is 1. The van der Waals surface area contributed by atoms with Crippen molar-refractivity contribution in [1.82, 2.24) is 9.55 Å². The molecule has 18 nitrogen and oxygen atoms in total. The molecule has 0 amide bonds. The van der Waals surface area contributed by atoms with Gasteiger partial charge in [-0.05, 0) is 6.07 Å². The summed E-state index contributed by atoms with van der Waals surface area (Å²) in [6, 6.07) is 2.54. The fourth-order valence-corrected chi connectivity index (χ4v) is 5.45. The second-order valence-corrected chi connectivity index (χ2v) is 10.2. The molecule has 2 unspecified atom stereocenters. The molecule has 1 aromatic heterocycles. The minimum Gasteiger partial charge on any atom is -0.387 e. The minimum atomic E-state index is -5.79. The van der Waals surface area contributed by atoms with E-state index >= 15 is 0 Å². The van der Waals surface area contributed by atoms with Gasteiger partial charge in [-0.2, -0.15) is 18.9 Å². The molecule has 0 saturated carbocycles. The topological polar surface area (TPSA) is 294 Å². The lowest BCUT2D eigenvalue weighted by Crippen LogP contribution is -2.49. The van der Waals surface area contributed by atoms with Crippen LogP contribution in [0.4, 0.5) is 5.82 Å². The maximum absolute atomic E-state index is 12.0. The standard InChI is InChI=1S/C10H15N4O14P3/c11-4-10(14-2-1-6(12)13-9(14)17)8(16)7(15)5(26-10)3-25-30(21,22)28-31(23,24)27-29(18,19)20/h1-2,5,7-8,15-16H,3H2,(H,21,22)(H,23,24)(H2,12,13,17)(H2,18,19,20)/t5-,7-,8-,10-/m1/s1/i9+1,13+1,14+1. The largest absolute Gasteiger partial charge is 0.490 e. The molecule has 1 aromatic rings. The summed E-state index contributed by atoms with van der Waals surface area (Å²) in [5.41, 5.74) is 1.61. The Balaban J connectivity index is 2.19. The van der Waals surface area contributed by atoms with Crippen molar-refractivity contribution in [3.8, 4) is 6.07 Å². The van der Waals surface area contributed by atoms with E-state index < -0.39 is 59.8 Å². The fraction of sp³-hybridized carbons (Fsp3) is 0.500. The van der Waals surface area contributed by atoms with E-state index in [0.29, 0.717) is 4.57 Å². The van der Waals surface area contributed by atoms with Gasteiger partial charge in [0.05, 0.1) is 6.61 Å². The first kappa shape index (κ1) is 25.7. The molecule has 2 rings (SSSR count). The molecular formula is C10H15N4O14P3. The zero-order valence-electron chi connectivity index (χ0n) is 14.8. The number of nitrogens with zero attached hydrogens (tertiary/aromatic N) is 3. The summed E-state index contributed by atoms with van der Waals surface area (Å²) in [4.78, 5) is 50.8. The first-order valence-corrected chi connectivity index (χ1v) is 12.1.